The van der Waals surface area contributed by atoms with E-state index in [9.17, 15) is 4.79 Å². The fraction of sp³-hybridized carbons (Fsp3) is 0.294. The molecule has 0 aliphatic rings. The fourth-order valence-corrected chi connectivity index (χ4v) is 3.49. The second-order valence-electron chi connectivity index (χ2n) is 5.56. The molecule has 0 fully saturated rings. The molecule has 27 heavy (non-hydrogen) atoms. The zero-order chi connectivity index (χ0) is 19.2. The smallest absolute Gasteiger partial charge is 0.270 e. The van der Waals surface area contributed by atoms with Crippen molar-refractivity contribution in [3.63, 3.8) is 0 Å². The largest absolute Gasteiger partial charge is 0.486 e. The predicted molar refractivity (Wildman–Crippen MR) is 107 cm³/mol. The number of H-pyrrole nitrogens is 1. The molecule has 1 amide bonds. The van der Waals surface area contributed by atoms with E-state index in [1.165, 1.54) is 11.3 Å². The maximum absolute atomic E-state index is 12.2. The van der Waals surface area contributed by atoms with Crippen LogP contribution in [0.3, 0.4) is 0 Å². The van der Waals surface area contributed by atoms with E-state index < -0.39 is 0 Å². The van der Waals surface area contributed by atoms with Gasteiger partial charge in [0, 0.05) is 29.9 Å². The average molecular weight is 424 g/mol. The van der Waals surface area contributed by atoms with Crippen LogP contribution in [0.4, 0.5) is 0 Å². The molecule has 7 nitrogen and oxygen atoms in total. The molecular formula is C17H18ClN5O2S2. The molecule has 0 bridgehead atoms. The summed E-state index contributed by atoms with van der Waals surface area (Å²) in [4.78, 5) is 16.6. The lowest BCUT2D eigenvalue weighted by Gasteiger charge is -2.05. The topological polar surface area (TPSA) is 84.8 Å². The van der Waals surface area contributed by atoms with Crippen molar-refractivity contribution < 1.29 is 9.53 Å². The van der Waals surface area contributed by atoms with Crippen molar-refractivity contribution in [3.05, 3.63) is 56.0 Å². The van der Waals surface area contributed by atoms with E-state index in [-0.39, 0.29) is 5.91 Å². The highest BCUT2D eigenvalue weighted by molar-refractivity contribution is 7.71. The van der Waals surface area contributed by atoms with Gasteiger partial charge in [-0.3, -0.25) is 9.89 Å². The summed E-state index contributed by atoms with van der Waals surface area (Å²) >= 11 is 12.4. The molecular weight excluding hydrogens is 406 g/mol. The minimum atomic E-state index is -0.221. The SMILES string of the molecule is CCn1c(CCNC(=O)c2csc(COc3ccc(Cl)cc3)n2)n[nH]c1=S. The first-order chi connectivity index (χ1) is 13.1. The van der Waals surface area contributed by atoms with Gasteiger partial charge in [0.15, 0.2) is 4.77 Å². The van der Waals surface area contributed by atoms with Gasteiger partial charge in [-0.05, 0) is 43.4 Å². The summed E-state index contributed by atoms with van der Waals surface area (Å²) in [5.74, 6) is 1.30. The van der Waals surface area contributed by atoms with E-state index >= 15 is 0 Å². The summed E-state index contributed by atoms with van der Waals surface area (Å²) in [6.07, 6.45) is 0.587. The van der Waals surface area contributed by atoms with Crippen LogP contribution in [0.2, 0.25) is 5.02 Å². The summed E-state index contributed by atoms with van der Waals surface area (Å²) in [5, 5.41) is 12.9. The molecule has 0 spiro atoms. The number of amides is 1. The van der Waals surface area contributed by atoms with Gasteiger partial charge in [-0.2, -0.15) is 5.10 Å². The van der Waals surface area contributed by atoms with Crippen molar-refractivity contribution in [1.29, 1.82) is 0 Å². The number of benzene rings is 1. The molecule has 3 rings (SSSR count). The number of thiazole rings is 1. The van der Waals surface area contributed by atoms with E-state index in [4.69, 9.17) is 28.6 Å². The number of hydrogen-bond acceptors (Lipinski definition) is 6. The van der Waals surface area contributed by atoms with Gasteiger partial charge in [-0.15, -0.1) is 11.3 Å². The van der Waals surface area contributed by atoms with Crippen molar-refractivity contribution in [1.82, 2.24) is 25.1 Å². The second kappa shape index (κ2) is 9.12. The quantitative estimate of drug-likeness (QED) is 0.540. The molecule has 0 aliphatic carbocycles. The van der Waals surface area contributed by atoms with E-state index in [0.29, 0.717) is 40.8 Å². The Kier molecular flexibility index (Phi) is 6.59. The fourth-order valence-electron chi connectivity index (χ4n) is 2.40. The van der Waals surface area contributed by atoms with E-state index in [2.05, 4.69) is 20.5 Å². The number of hydrogen-bond donors (Lipinski definition) is 2. The Morgan fingerprint density at radius 2 is 2.19 bits per heavy atom. The van der Waals surface area contributed by atoms with Crippen LogP contribution in [0.15, 0.2) is 29.6 Å². The van der Waals surface area contributed by atoms with Gasteiger partial charge in [0.25, 0.3) is 5.91 Å². The maximum Gasteiger partial charge on any atom is 0.270 e. The van der Waals surface area contributed by atoms with Crippen molar-refractivity contribution in [3.8, 4) is 5.75 Å². The van der Waals surface area contributed by atoms with Crippen LogP contribution in [0.5, 0.6) is 5.75 Å². The highest BCUT2D eigenvalue weighted by Crippen LogP contribution is 2.18. The lowest BCUT2D eigenvalue weighted by molar-refractivity contribution is 0.0949. The molecule has 0 radical (unpaired) electrons. The van der Waals surface area contributed by atoms with E-state index in [0.717, 1.165) is 17.4 Å². The Morgan fingerprint density at radius 3 is 2.93 bits per heavy atom. The molecule has 2 heterocycles. The van der Waals surface area contributed by atoms with Crippen LogP contribution in [0.25, 0.3) is 0 Å². The number of halogens is 1. The molecule has 3 aromatic rings. The van der Waals surface area contributed by atoms with Crippen molar-refractivity contribution in [2.24, 2.45) is 0 Å². The number of nitrogens with zero attached hydrogens (tertiary/aromatic N) is 3. The van der Waals surface area contributed by atoms with Crippen LogP contribution in [-0.2, 0) is 19.6 Å². The minimum Gasteiger partial charge on any atom is -0.486 e. The van der Waals surface area contributed by atoms with Gasteiger partial charge < -0.3 is 14.6 Å². The number of carbonyl (C=O) groups excluding carboxylic acids is 1. The third kappa shape index (κ3) is 5.15. The third-order valence-electron chi connectivity index (χ3n) is 3.75. The first-order valence-corrected chi connectivity index (χ1v) is 9.98. The Bertz CT molecular complexity index is 964. The van der Waals surface area contributed by atoms with Crippen LogP contribution < -0.4 is 10.1 Å². The molecule has 0 saturated heterocycles. The molecule has 2 N–H and O–H groups in total. The van der Waals surface area contributed by atoms with Crippen LogP contribution in [0, 0.1) is 4.77 Å². The number of carbonyl (C=O) groups is 1. The average Bonchev–Trinajstić information content (AvgIpc) is 3.28. The lowest BCUT2D eigenvalue weighted by Crippen LogP contribution is -2.26. The highest BCUT2D eigenvalue weighted by atomic mass is 35.5. The van der Waals surface area contributed by atoms with Gasteiger partial charge in [0.2, 0.25) is 0 Å². The molecule has 1 aromatic carbocycles. The van der Waals surface area contributed by atoms with E-state index in [1.54, 1.807) is 29.6 Å². The highest BCUT2D eigenvalue weighted by Gasteiger charge is 2.12. The Morgan fingerprint density at radius 1 is 1.41 bits per heavy atom. The molecule has 2 aromatic heterocycles. The monoisotopic (exact) mass is 423 g/mol. The summed E-state index contributed by atoms with van der Waals surface area (Å²) in [6.45, 7) is 3.48. The Hall–Kier alpha value is -2.23. The summed E-state index contributed by atoms with van der Waals surface area (Å²) in [5.41, 5.74) is 0.379. The molecule has 10 heteroatoms. The van der Waals surface area contributed by atoms with Gasteiger partial charge in [-0.1, -0.05) is 11.6 Å². The van der Waals surface area contributed by atoms with Gasteiger partial charge in [-0.25, -0.2) is 4.98 Å². The lowest BCUT2D eigenvalue weighted by atomic mass is 10.3. The molecule has 0 unspecified atom stereocenters. The summed E-state index contributed by atoms with van der Waals surface area (Å²) < 4.78 is 8.13. The first-order valence-electron chi connectivity index (χ1n) is 8.32. The zero-order valence-electron chi connectivity index (χ0n) is 14.6. The molecule has 142 valence electrons. The Balaban J connectivity index is 1.49. The number of ether oxygens (including phenoxy) is 1. The number of nitrogens with one attached hydrogen (secondary N) is 2. The number of rotatable bonds is 8. The van der Waals surface area contributed by atoms with Crippen LogP contribution in [0.1, 0.15) is 28.2 Å². The predicted octanol–water partition coefficient (Wildman–Crippen LogP) is 3.62. The van der Waals surface area contributed by atoms with E-state index in [1.807, 2.05) is 11.5 Å². The third-order valence-corrected chi connectivity index (χ3v) is 5.13. The number of aromatic nitrogens is 4. The standard InChI is InChI=1S/C17H18ClN5O2S2/c1-2-23-14(21-22-17(23)26)7-8-19-16(24)13-10-27-15(20-13)9-25-12-5-3-11(18)4-6-12/h3-6,10H,2,7-9H2,1H3,(H,19,24)(H,22,26). The van der Waals surface area contributed by atoms with Crippen LogP contribution in [-0.4, -0.2) is 32.2 Å². The maximum atomic E-state index is 12.2. The molecule has 0 atom stereocenters. The van der Waals surface area contributed by atoms with Crippen LogP contribution >= 0.6 is 35.2 Å². The molecule has 0 saturated carbocycles. The van der Waals surface area contributed by atoms with Crippen molar-refractivity contribution >= 4 is 41.1 Å². The van der Waals surface area contributed by atoms with Gasteiger partial charge in [0.1, 0.15) is 28.9 Å². The van der Waals surface area contributed by atoms with Gasteiger partial charge in [0.05, 0.1) is 0 Å². The zero-order valence-corrected chi connectivity index (χ0v) is 17.0. The summed E-state index contributed by atoms with van der Waals surface area (Å²) in [7, 11) is 0. The van der Waals surface area contributed by atoms with Gasteiger partial charge >= 0.3 is 0 Å². The summed E-state index contributed by atoms with van der Waals surface area (Å²) in [6, 6.07) is 7.09. The number of aromatic amines is 1. The van der Waals surface area contributed by atoms with Crippen molar-refractivity contribution in [2.75, 3.05) is 6.54 Å². The Labute approximate surface area is 170 Å². The van der Waals surface area contributed by atoms with Crippen molar-refractivity contribution in [2.45, 2.75) is 26.5 Å². The normalized spacial score (nSPS) is 10.7. The second-order valence-corrected chi connectivity index (χ2v) is 7.33. The minimum absolute atomic E-state index is 0.221. The molecule has 0 aliphatic heterocycles. The first kappa shape index (κ1) is 19.5.